The fourth-order valence-corrected chi connectivity index (χ4v) is 3.27. The first-order valence-electron chi connectivity index (χ1n) is 7.07. The van der Waals surface area contributed by atoms with E-state index in [0.29, 0.717) is 19.4 Å². The van der Waals surface area contributed by atoms with Crippen molar-refractivity contribution in [2.75, 3.05) is 13.2 Å². The Morgan fingerprint density at radius 1 is 1.28 bits per heavy atom. The second kappa shape index (κ2) is 5.71. The van der Waals surface area contributed by atoms with Crippen LogP contribution < -0.4 is 0 Å². The van der Waals surface area contributed by atoms with Crippen LogP contribution in [-0.4, -0.2) is 35.1 Å². The molecular weight excluding hydrogens is 228 g/mol. The number of aliphatic hydroxyl groups excluding tert-OH is 1. The predicted octanol–water partition coefficient (Wildman–Crippen LogP) is 1.83. The number of carbonyl (C=O) groups is 1. The van der Waals surface area contributed by atoms with E-state index in [-0.39, 0.29) is 18.6 Å². The molecule has 0 radical (unpaired) electrons. The molecule has 4 nitrogen and oxygen atoms in total. The molecule has 4 heteroatoms. The number of hydrogen-bond donors (Lipinski definition) is 1. The van der Waals surface area contributed by atoms with E-state index in [9.17, 15) is 15.2 Å². The zero-order chi connectivity index (χ0) is 13.0. The van der Waals surface area contributed by atoms with Gasteiger partial charge in [0.15, 0.2) is 0 Å². The molecule has 1 heterocycles. The zero-order valence-corrected chi connectivity index (χ0v) is 10.9. The van der Waals surface area contributed by atoms with Crippen LogP contribution >= 0.6 is 0 Å². The van der Waals surface area contributed by atoms with E-state index in [1.54, 1.807) is 4.90 Å². The van der Waals surface area contributed by atoms with Gasteiger partial charge >= 0.3 is 0 Å². The maximum atomic E-state index is 12.7. The first kappa shape index (κ1) is 13.4. The lowest BCUT2D eigenvalue weighted by molar-refractivity contribution is -0.141. The topological polar surface area (TPSA) is 64.3 Å². The Hall–Kier alpha value is -1.08. The highest BCUT2D eigenvalue weighted by atomic mass is 16.3. The van der Waals surface area contributed by atoms with E-state index in [2.05, 4.69) is 6.07 Å². The summed E-state index contributed by atoms with van der Waals surface area (Å²) in [6.07, 6.45) is 7.38. The Morgan fingerprint density at radius 3 is 2.50 bits per heavy atom. The van der Waals surface area contributed by atoms with Crippen LogP contribution in [0.3, 0.4) is 0 Å². The highest BCUT2D eigenvalue weighted by molar-refractivity contribution is 5.86. The van der Waals surface area contributed by atoms with E-state index in [1.165, 1.54) is 0 Å². The lowest BCUT2D eigenvalue weighted by atomic mass is 9.80. The number of amides is 1. The Labute approximate surface area is 109 Å². The molecule has 1 aliphatic carbocycles. The molecule has 0 spiro atoms. The third-order valence-corrected chi connectivity index (χ3v) is 4.43. The molecule has 1 atom stereocenters. The van der Waals surface area contributed by atoms with Crippen molar-refractivity contribution in [3.63, 3.8) is 0 Å². The second-order valence-corrected chi connectivity index (χ2v) is 5.59. The third kappa shape index (κ3) is 2.37. The van der Waals surface area contributed by atoms with Crippen LogP contribution in [0.5, 0.6) is 0 Å². The highest BCUT2D eigenvalue weighted by Gasteiger charge is 2.44. The molecule has 0 aromatic heterocycles. The van der Waals surface area contributed by atoms with E-state index >= 15 is 0 Å². The third-order valence-electron chi connectivity index (χ3n) is 4.43. The summed E-state index contributed by atoms with van der Waals surface area (Å²) in [5.41, 5.74) is -0.811. The van der Waals surface area contributed by atoms with Crippen molar-refractivity contribution in [3.8, 4) is 6.07 Å². The molecule has 2 rings (SSSR count). The number of hydrogen-bond acceptors (Lipinski definition) is 3. The van der Waals surface area contributed by atoms with Gasteiger partial charge in [-0.2, -0.15) is 5.26 Å². The summed E-state index contributed by atoms with van der Waals surface area (Å²) in [6, 6.07) is 2.24. The van der Waals surface area contributed by atoms with Gasteiger partial charge in [-0.3, -0.25) is 4.79 Å². The minimum absolute atomic E-state index is 0.0211. The summed E-state index contributed by atoms with van der Waals surface area (Å²) in [5, 5.41) is 18.8. The van der Waals surface area contributed by atoms with Crippen LogP contribution in [0.4, 0.5) is 0 Å². The van der Waals surface area contributed by atoms with Gasteiger partial charge in [0.1, 0.15) is 5.41 Å². The summed E-state index contributed by atoms with van der Waals surface area (Å²) < 4.78 is 0. The van der Waals surface area contributed by atoms with Gasteiger partial charge in [-0.1, -0.05) is 25.7 Å². The van der Waals surface area contributed by atoms with Crippen LogP contribution in [0, 0.1) is 16.7 Å². The molecule has 1 saturated heterocycles. The highest BCUT2D eigenvalue weighted by Crippen LogP contribution is 2.37. The van der Waals surface area contributed by atoms with Crippen molar-refractivity contribution in [3.05, 3.63) is 0 Å². The predicted molar refractivity (Wildman–Crippen MR) is 67.6 cm³/mol. The van der Waals surface area contributed by atoms with Crippen LogP contribution in [0.25, 0.3) is 0 Å². The van der Waals surface area contributed by atoms with E-state index in [1.807, 2.05) is 0 Å². The van der Waals surface area contributed by atoms with Crippen molar-refractivity contribution >= 4 is 5.91 Å². The maximum Gasteiger partial charge on any atom is 0.243 e. The molecule has 2 fully saturated rings. The molecule has 0 aromatic rings. The summed E-state index contributed by atoms with van der Waals surface area (Å²) in [6.45, 7) is 0.723. The fourth-order valence-electron chi connectivity index (χ4n) is 3.27. The number of rotatable bonds is 2. The van der Waals surface area contributed by atoms with Crippen molar-refractivity contribution in [1.29, 1.82) is 5.26 Å². The average Bonchev–Trinajstić information content (AvgIpc) is 2.74. The van der Waals surface area contributed by atoms with Gasteiger partial charge in [0.2, 0.25) is 5.91 Å². The largest absolute Gasteiger partial charge is 0.394 e. The van der Waals surface area contributed by atoms with Gasteiger partial charge in [-0.05, 0) is 25.7 Å². The SMILES string of the molecule is N#CC1(C(=O)N2CCC[C@@H]2CO)CCCCCC1. The molecule has 1 aliphatic heterocycles. The van der Waals surface area contributed by atoms with Gasteiger partial charge in [-0.25, -0.2) is 0 Å². The number of nitrogens with zero attached hydrogens (tertiary/aromatic N) is 2. The van der Waals surface area contributed by atoms with Gasteiger partial charge in [-0.15, -0.1) is 0 Å². The van der Waals surface area contributed by atoms with Crippen LogP contribution in [-0.2, 0) is 4.79 Å². The Morgan fingerprint density at radius 2 is 1.94 bits per heavy atom. The summed E-state index contributed by atoms with van der Waals surface area (Å²) >= 11 is 0. The quantitative estimate of drug-likeness (QED) is 0.760. The average molecular weight is 250 g/mol. The van der Waals surface area contributed by atoms with Crippen LogP contribution in [0.2, 0.25) is 0 Å². The van der Waals surface area contributed by atoms with Gasteiger partial charge in [0.05, 0.1) is 18.7 Å². The smallest absolute Gasteiger partial charge is 0.243 e. The monoisotopic (exact) mass is 250 g/mol. The molecule has 2 aliphatic rings. The molecule has 0 unspecified atom stereocenters. The van der Waals surface area contributed by atoms with Crippen LogP contribution in [0.15, 0.2) is 0 Å². The summed E-state index contributed by atoms with van der Waals surface area (Å²) in [7, 11) is 0. The van der Waals surface area contributed by atoms with Crippen LogP contribution in [0.1, 0.15) is 51.4 Å². The van der Waals surface area contributed by atoms with Crippen molar-refractivity contribution in [1.82, 2.24) is 4.90 Å². The lowest BCUT2D eigenvalue weighted by Crippen LogP contribution is -2.46. The molecule has 1 amide bonds. The molecule has 0 aromatic carbocycles. The fraction of sp³-hybridized carbons (Fsp3) is 0.857. The number of likely N-dealkylation sites (tertiary alicyclic amines) is 1. The molecule has 18 heavy (non-hydrogen) atoms. The first-order chi connectivity index (χ1) is 8.73. The first-order valence-corrected chi connectivity index (χ1v) is 7.07. The minimum atomic E-state index is -0.811. The minimum Gasteiger partial charge on any atom is -0.394 e. The number of nitriles is 1. The van der Waals surface area contributed by atoms with E-state index < -0.39 is 5.41 Å². The van der Waals surface area contributed by atoms with Crippen molar-refractivity contribution in [2.45, 2.75) is 57.4 Å². The Balaban J connectivity index is 2.16. The molecule has 1 N–H and O–H groups in total. The van der Waals surface area contributed by atoms with Crippen molar-refractivity contribution in [2.24, 2.45) is 5.41 Å². The standard InChI is InChI=1S/C14H22N2O2/c15-11-14(7-3-1-2-4-8-14)13(18)16-9-5-6-12(16)10-17/h12,17H,1-10H2/t12-/m1/s1. The second-order valence-electron chi connectivity index (χ2n) is 5.59. The number of aliphatic hydroxyl groups is 1. The van der Waals surface area contributed by atoms with E-state index in [4.69, 9.17) is 0 Å². The molecule has 1 saturated carbocycles. The van der Waals surface area contributed by atoms with Gasteiger partial charge in [0.25, 0.3) is 0 Å². The molecule has 0 bridgehead atoms. The van der Waals surface area contributed by atoms with Crippen molar-refractivity contribution < 1.29 is 9.90 Å². The van der Waals surface area contributed by atoms with E-state index in [0.717, 1.165) is 38.5 Å². The maximum absolute atomic E-state index is 12.7. The molecule has 100 valence electrons. The summed E-state index contributed by atoms with van der Waals surface area (Å²) in [5.74, 6) is -0.0246. The van der Waals surface area contributed by atoms with Gasteiger partial charge in [0, 0.05) is 6.54 Å². The zero-order valence-electron chi connectivity index (χ0n) is 10.9. The normalized spacial score (nSPS) is 27.6. The summed E-state index contributed by atoms with van der Waals surface area (Å²) in [4.78, 5) is 14.4. The van der Waals surface area contributed by atoms with Gasteiger partial charge < -0.3 is 10.0 Å². The molecular formula is C14H22N2O2. The Bertz CT molecular complexity index is 340. The lowest BCUT2D eigenvalue weighted by Gasteiger charge is -2.32. The Kier molecular flexibility index (Phi) is 4.23. The number of carbonyl (C=O) groups excluding carboxylic acids is 1.